The Morgan fingerprint density at radius 2 is 1.31 bits per heavy atom. The van der Waals surface area contributed by atoms with Crippen LogP contribution in [0, 0.1) is 5.41 Å². The average molecular weight is 522 g/mol. The van der Waals surface area contributed by atoms with Gasteiger partial charge in [0.15, 0.2) is 0 Å². The second-order valence-corrected chi connectivity index (χ2v) is 12.3. The van der Waals surface area contributed by atoms with E-state index in [9.17, 15) is 0 Å². The average Bonchev–Trinajstić information content (AvgIpc) is 2.67. The van der Waals surface area contributed by atoms with Crippen LogP contribution in [0.3, 0.4) is 0 Å². The van der Waals surface area contributed by atoms with Gasteiger partial charge in [0.1, 0.15) is 0 Å². The summed E-state index contributed by atoms with van der Waals surface area (Å²) in [5, 5.41) is 0. The van der Waals surface area contributed by atoms with Gasteiger partial charge in [-0.25, -0.2) is 0 Å². The SMILES string of the molecule is CCOC(OCC)/C(=C/C(=C/C(C)(C)C)[Se]c1ccccc1)[Se]c1ccccc1. The van der Waals surface area contributed by atoms with Crippen LogP contribution in [0.2, 0.25) is 0 Å². The fourth-order valence-electron chi connectivity index (χ4n) is 2.58. The summed E-state index contributed by atoms with van der Waals surface area (Å²) in [6.45, 7) is 12.1. The normalized spacial score (nSPS) is 13.2. The number of hydrogen-bond donors (Lipinski definition) is 0. The molecule has 0 aliphatic carbocycles. The van der Waals surface area contributed by atoms with Crippen LogP contribution in [-0.2, 0) is 9.47 Å². The Kier molecular flexibility index (Phi) is 10.4. The first-order valence-corrected chi connectivity index (χ1v) is 13.5. The third-order valence-electron chi connectivity index (χ3n) is 3.69. The first kappa shape index (κ1) is 24.2. The van der Waals surface area contributed by atoms with Gasteiger partial charge in [-0.1, -0.05) is 0 Å². The van der Waals surface area contributed by atoms with Gasteiger partial charge >= 0.3 is 190 Å². The molecule has 4 heteroatoms. The molecule has 0 saturated carbocycles. The zero-order valence-electron chi connectivity index (χ0n) is 18.1. The fourth-order valence-corrected chi connectivity index (χ4v) is 7.46. The maximum absolute atomic E-state index is 6.00. The second-order valence-electron chi connectivity index (χ2n) is 7.53. The molecule has 156 valence electrons. The van der Waals surface area contributed by atoms with Crippen molar-refractivity contribution in [2.45, 2.75) is 40.9 Å². The molecule has 0 fully saturated rings. The van der Waals surface area contributed by atoms with Crippen LogP contribution < -0.4 is 8.92 Å². The Bertz CT molecular complexity index is 771. The molecule has 2 aromatic carbocycles. The Morgan fingerprint density at radius 3 is 1.76 bits per heavy atom. The third-order valence-corrected chi connectivity index (χ3v) is 7.95. The number of ether oxygens (including phenoxy) is 2. The molecule has 2 aromatic rings. The predicted molar refractivity (Wildman–Crippen MR) is 126 cm³/mol. The van der Waals surface area contributed by atoms with Crippen LogP contribution in [-0.4, -0.2) is 49.4 Å². The van der Waals surface area contributed by atoms with Crippen LogP contribution in [0.5, 0.6) is 0 Å². The van der Waals surface area contributed by atoms with E-state index >= 15 is 0 Å². The van der Waals surface area contributed by atoms with Crippen molar-refractivity contribution in [1.82, 2.24) is 0 Å². The number of rotatable bonds is 10. The van der Waals surface area contributed by atoms with Crippen molar-refractivity contribution in [3.8, 4) is 0 Å². The first-order chi connectivity index (χ1) is 13.9. The molecule has 0 atom stereocenters. The van der Waals surface area contributed by atoms with E-state index in [0.29, 0.717) is 13.2 Å². The molecule has 2 nitrogen and oxygen atoms in total. The summed E-state index contributed by atoms with van der Waals surface area (Å²) < 4.78 is 17.3. The van der Waals surface area contributed by atoms with Gasteiger partial charge in [-0.15, -0.1) is 0 Å². The molecule has 0 saturated heterocycles. The molecule has 2 rings (SSSR count). The van der Waals surface area contributed by atoms with Crippen LogP contribution in [0.1, 0.15) is 34.6 Å². The molecule has 0 amide bonds. The molecule has 0 unspecified atom stereocenters. The number of benzene rings is 2. The maximum atomic E-state index is 6.00. The standard InChI is InChI=1S/C25H32O2Se2/c1-6-26-24(27-7-2)23(29-21-16-12-9-13-17-21)18-22(19-25(3,4)5)28-20-14-10-8-11-15-20/h8-19,24H,6-7H2,1-5H3/b22-19-,23-18-. The van der Waals surface area contributed by atoms with Gasteiger partial charge < -0.3 is 0 Å². The van der Waals surface area contributed by atoms with Crippen molar-refractivity contribution in [3.05, 3.63) is 81.8 Å². The van der Waals surface area contributed by atoms with E-state index in [0.717, 1.165) is 0 Å². The summed E-state index contributed by atoms with van der Waals surface area (Å²) in [5.74, 6) is 0. The summed E-state index contributed by atoms with van der Waals surface area (Å²) in [4.78, 5) is 0. The van der Waals surface area contributed by atoms with Crippen LogP contribution in [0.25, 0.3) is 0 Å². The molecular formula is C25H32O2Se2. The molecule has 0 radical (unpaired) electrons. The van der Waals surface area contributed by atoms with Gasteiger partial charge in [0.25, 0.3) is 0 Å². The van der Waals surface area contributed by atoms with Gasteiger partial charge in [-0.3, -0.25) is 0 Å². The molecule has 0 aromatic heterocycles. The Labute approximate surface area is 189 Å². The predicted octanol–water partition coefficient (Wildman–Crippen LogP) is 4.26. The number of hydrogen-bond acceptors (Lipinski definition) is 2. The van der Waals surface area contributed by atoms with Crippen molar-refractivity contribution in [2.24, 2.45) is 5.41 Å². The summed E-state index contributed by atoms with van der Waals surface area (Å²) in [6, 6.07) is 21.4. The first-order valence-electron chi connectivity index (χ1n) is 10.0. The summed E-state index contributed by atoms with van der Waals surface area (Å²) in [6.07, 6.45) is 4.46. The minimum absolute atomic E-state index is 0.111. The molecule has 29 heavy (non-hydrogen) atoms. The molecule has 0 aliphatic rings. The summed E-state index contributed by atoms with van der Waals surface area (Å²) in [7, 11) is 0. The molecule has 0 N–H and O–H groups in total. The van der Waals surface area contributed by atoms with Crippen molar-refractivity contribution in [2.75, 3.05) is 13.2 Å². The Balaban J connectivity index is 2.44. The zero-order chi connectivity index (χ0) is 21.1. The molecule has 0 heterocycles. The van der Waals surface area contributed by atoms with Gasteiger partial charge in [0.2, 0.25) is 0 Å². The zero-order valence-corrected chi connectivity index (χ0v) is 21.5. The van der Waals surface area contributed by atoms with Gasteiger partial charge in [-0.2, -0.15) is 0 Å². The minimum atomic E-state index is -0.292. The van der Waals surface area contributed by atoms with E-state index in [4.69, 9.17) is 9.47 Å². The van der Waals surface area contributed by atoms with Crippen molar-refractivity contribution in [3.63, 3.8) is 0 Å². The Hall–Kier alpha value is -1.12. The van der Waals surface area contributed by atoms with E-state index in [1.807, 2.05) is 13.8 Å². The van der Waals surface area contributed by atoms with Crippen molar-refractivity contribution in [1.29, 1.82) is 0 Å². The topological polar surface area (TPSA) is 18.5 Å². The van der Waals surface area contributed by atoms with Crippen LogP contribution in [0.15, 0.2) is 81.8 Å². The second kappa shape index (κ2) is 12.5. The van der Waals surface area contributed by atoms with E-state index in [1.165, 1.54) is 17.9 Å². The molecule has 0 bridgehead atoms. The van der Waals surface area contributed by atoms with Gasteiger partial charge in [-0.05, 0) is 0 Å². The van der Waals surface area contributed by atoms with Gasteiger partial charge in [0, 0.05) is 0 Å². The van der Waals surface area contributed by atoms with Crippen LogP contribution >= 0.6 is 0 Å². The van der Waals surface area contributed by atoms with Crippen LogP contribution in [0.4, 0.5) is 0 Å². The van der Waals surface area contributed by atoms with E-state index in [-0.39, 0.29) is 41.6 Å². The van der Waals surface area contributed by atoms with E-state index < -0.39 is 0 Å². The van der Waals surface area contributed by atoms with Crippen molar-refractivity contribution < 1.29 is 9.47 Å². The molecule has 0 spiro atoms. The fraction of sp³-hybridized carbons (Fsp3) is 0.360. The third kappa shape index (κ3) is 9.49. The molecule has 0 aliphatic heterocycles. The number of allylic oxidation sites excluding steroid dienone is 3. The monoisotopic (exact) mass is 524 g/mol. The summed E-state index contributed by atoms with van der Waals surface area (Å²) in [5.41, 5.74) is 0.111. The van der Waals surface area contributed by atoms with Gasteiger partial charge in [0.05, 0.1) is 0 Å². The molecular weight excluding hydrogens is 490 g/mol. The summed E-state index contributed by atoms with van der Waals surface area (Å²) >= 11 is 0.371. The van der Waals surface area contributed by atoms with E-state index in [1.54, 1.807) is 0 Å². The quantitative estimate of drug-likeness (QED) is 0.264. The van der Waals surface area contributed by atoms with E-state index in [2.05, 4.69) is 93.6 Å². The van der Waals surface area contributed by atoms with Crippen molar-refractivity contribution >= 4 is 38.8 Å². The Morgan fingerprint density at radius 1 is 0.828 bits per heavy atom.